The van der Waals surface area contributed by atoms with E-state index in [2.05, 4.69) is 11.6 Å². The summed E-state index contributed by atoms with van der Waals surface area (Å²) in [6, 6.07) is 2.92. The van der Waals surface area contributed by atoms with Crippen LogP contribution in [0.4, 0.5) is 0 Å². The third-order valence-corrected chi connectivity index (χ3v) is 9.15. The Balaban J connectivity index is 2.47. The van der Waals surface area contributed by atoms with E-state index in [0.29, 0.717) is 0 Å². The SMILES string of the molecule is C=C1[C@H](OCC(C)C)[C@@H](OC(C)=O)[C@@H](OC(C)=O)C(C)(C)/C=C/[C@H](C)C(=O)[C@@]2(O)C[C@@](C)(OC(C)=O)[C@H](OC(=O)c3cccnc3)[C@@H]2[C@H]1OC(C)=O. The van der Waals surface area contributed by atoms with Crippen LogP contribution in [0.1, 0.15) is 86.0 Å². The zero-order valence-electron chi connectivity index (χ0n) is 31.5. The average Bonchev–Trinajstić information content (AvgIpc) is 3.24. The van der Waals surface area contributed by atoms with Crippen LogP contribution in [0.5, 0.6) is 0 Å². The van der Waals surface area contributed by atoms with Gasteiger partial charge in [0, 0.05) is 64.4 Å². The molecule has 14 heteroatoms. The van der Waals surface area contributed by atoms with Crippen molar-refractivity contribution in [3.63, 3.8) is 0 Å². The Bertz CT molecular complexity index is 1570. The third kappa shape index (κ3) is 9.51. The molecule has 1 fully saturated rings. The monoisotopic (exact) mass is 729 g/mol. The van der Waals surface area contributed by atoms with Gasteiger partial charge in [0.2, 0.25) is 0 Å². The fourth-order valence-electron chi connectivity index (χ4n) is 7.02. The van der Waals surface area contributed by atoms with Crippen LogP contribution < -0.4 is 0 Å². The molecule has 52 heavy (non-hydrogen) atoms. The number of nitrogens with zero attached hydrogens (tertiary/aromatic N) is 1. The quantitative estimate of drug-likeness (QED) is 0.219. The maximum atomic E-state index is 14.6. The number of hydrogen-bond donors (Lipinski definition) is 1. The number of carbonyl (C=O) groups excluding carboxylic acids is 6. The van der Waals surface area contributed by atoms with Crippen molar-refractivity contribution in [2.75, 3.05) is 6.61 Å². The molecule has 1 saturated carbocycles. The van der Waals surface area contributed by atoms with E-state index in [4.69, 9.17) is 28.4 Å². The number of Topliss-reactive ketones (excluding diaryl/α,β-unsaturated/α-hetero) is 1. The highest BCUT2D eigenvalue weighted by Crippen LogP contribution is 2.52. The summed E-state index contributed by atoms with van der Waals surface area (Å²) in [5.41, 5.74) is -5.65. The zero-order chi connectivity index (χ0) is 39.3. The minimum absolute atomic E-state index is 0.00118. The first kappa shape index (κ1) is 42.0. The van der Waals surface area contributed by atoms with Gasteiger partial charge in [0.15, 0.2) is 18.0 Å². The Hall–Kier alpha value is -4.43. The van der Waals surface area contributed by atoms with Gasteiger partial charge in [-0.1, -0.05) is 53.3 Å². The molecule has 3 rings (SSSR count). The number of rotatable bonds is 9. The summed E-state index contributed by atoms with van der Waals surface area (Å²) >= 11 is 0. The van der Waals surface area contributed by atoms with Crippen molar-refractivity contribution in [3.05, 3.63) is 54.4 Å². The highest BCUT2D eigenvalue weighted by Gasteiger charge is 2.69. The van der Waals surface area contributed by atoms with Crippen LogP contribution in [0, 0.1) is 23.2 Å². The lowest BCUT2D eigenvalue weighted by molar-refractivity contribution is -0.189. The number of pyridine rings is 1. The van der Waals surface area contributed by atoms with Gasteiger partial charge in [0.1, 0.15) is 29.5 Å². The Morgan fingerprint density at radius 1 is 0.923 bits per heavy atom. The highest BCUT2D eigenvalue weighted by atomic mass is 16.6. The van der Waals surface area contributed by atoms with Gasteiger partial charge in [0.25, 0.3) is 0 Å². The van der Waals surface area contributed by atoms with Gasteiger partial charge in [-0.2, -0.15) is 0 Å². The van der Waals surface area contributed by atoms with Crippen LogP contribution in [0.25, 0.3) is 0 Å². The van der Waals surface area contributed by atoms with E-state index < -0.39 is 101 Å². The number of aromatic nitrogens is 1. The maximum absolute atomic E-state index is 14.6. The first-order valence-electron chi connectivity index (χ1n) is 17.1. The number of esters is 5. The molecule has 9 atom stereocenters. The van der Waals surface area contributed by atoms with E-state index in [1.807, 2.05) is 13.8 Å². The highest BCUT2D eigenvalue weighted by molar-refractivity contribution is 5.92. The third-order valence-electron chi connectivity index (χ3n) is 9.15. The fourth-order valence-corrected chi connectivity index (χ4v) is 7.02. The second-order valence-corrected chi connectivity index (χ2v) is 14.8. The normalized spacial score (nSPS) is 32.3. The molecule has 0 unspecified atom stereocenters. The maximum Gasteiger partial charge on any atom is 0.340 e. The second kappa shape index (κ2) is 16.5. The molecule has 14 nitrogen and oxygen atoms in total. The van der Waals surface area contributed by atoms with Crippen molar-refractivity contribution in [3.8, 4) is 0 Å². The van der Waals surface area contributed by atoms with E-state index in [-0.39, 0.29) is 23.7 Å². The Morgan fingerprint density at radius 3 is 2.06 bits per heavy atom. The zero-order valence-corrected chi connectivity index (χ0v) is 31.5. The number of ether oxygens (including phenoxy) is 6. The van der Waals surface area contributed by atoms with Crippen molar-refractivity contribution in [2.45, 2.75) is 117 Å². The molecule has 286 valence electrons. The van der Waals surface area contributed by atoms with E-state index in [9.17, 15) is 33.9 Å². The van der Waals surface area contributed by atoms with Gasteiger partial charge >= 0.3 is 29.8 Å². The van der Waals surface area contributed by atoms with Gasteiger partial charge in [-0.3, -0.25) is 29.0 Å². The molecule has 0 aliphatic heterocycles. The summed E-state index contributed by atoms with van der Waals surface area (Å²) in [7, 11) is 0. The second-order valence-electron chi connectivity index (χ2n) is 14.8. The van der Waals surface area contributed by atoms with Crippen LogP contribution in [0.2, 0.25) is 0 Å². The largest absolute Gasteiger partial charge is 0.458 e. The Labute approximate surface area is 304 Å². The van der Waals surface area contributed by atoms with E-state index in [1.165, 1.54) is 51.4 Å². The molecule has 2 aliphatic rings. The van der Waals surface area contributed by atoms with Crippen molar-refractivity contribution in [1.82, 2.24) is 4.98 Å². The predicted octanol–water partition coefficient (Wildman–Crippen LogP) is 3.87. The lowest BCUT2D eigenvalue weighted by Gasteiger charge is -2.44. The van der Waals surface area contributed by atoms with Gasteiger partial charge < -0.3 is 33.5 Å². The van der Waals surface area contributed by atoms with Crippen LogP contribution in [0.3, 0.4) is 0 Å². The lowest BCUT2D eigenvalue weighted by Crippen LogP contribution is -2.58. The summed E-state index contributed by atoms with van der Waals surface area (Å²) in [6.07, 6.45) is -2.28. The summed E-state index contributed by atoms with van der Waals surface area (Å²) in [5, 5.41) is 12.7. The van der Waals surface area contributed by atoms with E-state index >= 15 is 0 Å². The molecular formula is C38H51NO13. The van der Waals surface area contributed by atoms with Crippen LogP contribution in [-0.4, -0.2) is 94.0 Å². The summed E-state index contributed by atoms with van der Waals surface area (Å²) < 4.78 is 35.8. The number of hydrogen-bond acceptors (Lipinski definition) is 14. The summed E-state index contributed by atoms with van der Waals surface area (Å²) in [4.78, 5) is 83.2. The fraction of sp³-hybridized carbons (Fsp3) is 0.605. The molecule has 0 bridgehead atoms. The molecule has 2 aliphatic carbocycles. The summed E-state index contributed by atoms with van der Waals surface area (Å²) in [6.45, 7) is 18.8. The predicted molar refractivity (Wildman–Crippen MR) is 184 cm³/mol. The van der Waals surface area contributed by atoms with Gasteiger partial charge in [0.05, 0.1) is 11.5 Å². The molecule has 1 N–H and O–H groups in total. The molecule has 0 saturated heterocycles. The number of aliphatic hydroxyl groups is 1. The van der Waals surface area contributed by atoms with Crippen molar-refractivity contribution < 1.29 is 62.3 Å². The standard InChI is InChI=1S/C38H51NO13/c1-20(2)18-47-30-22(4)29(48-23(5)40)28-33(51-35(45)27-13-12-16-39-17-27)37(11,52-26(8)43)19-38(28,46)32(44)21(3)14-15-36(9,10)34(50-25(7)42)31(30)49-24(6)41/h12-17,20-21,28-31,33-34,46H,4,18-19H2,1-3,5-11H3/b15-14+/t21-,28-,29-,30-,31+,33+,34+,37+,38+/m0/s1. The van der Waals surface area contributed by atoms with Crippen LogP contribution in [0.15, 0.2) is 48.8 Å². The first-order valence-corrected chi connectivity index (χ1v) is 17.1. The first-order chi connectivity index (χ1) is 24.0. The molecule has 0 aromatic carbocycles. The molecule has 0 spiro atoms. The van der Waals surface area contributed by atoms with Gasteiger partial charge in [-0.15, -0.1) is 0 Å². The van der Waals surface area contributed by atoms with Gasteiger partial charge in [-0.05, 0) is 30.5 Å². The Kier molecular flexibility index (Phi) is 13.3. The van der Waals surface area contributed by atoms with E-state index in [0.717, 1.165) is 20.8 Å². The molecule has 0 radical (unpaired) electrons. The number of ketones is 1. The van der Waals surface area contributed by atoms with Crippen LogP contribution in [-0.2, 0) is 52.4 Å². The number of fused-ring (bicyclic) bond motifs is 1. The van der Waals surface area contributed by atoms with Gasteiger partial charge in [-0.25, -0.2) is 4.79 Å². The van der Waals surface area contributed by atoms with E-state index in [1.54, 1.807) is 19.9 Å². The molecule has 1 aromatic rings. The average molecular weight is 730 g/mol. The minimum Gasteiger partial charge on any atom is -0.458 e. The summed E-state index contributed by atoms with van der Waals surface area (Å²) in [5.74, 6) is -7.76. The molecule has 1 heterocycles. The molecular weight excluding hydrogens is 678 g/mol. The Morgan fingerprint density at radius 2 is 1.54 bits per heavy atom. The van der Waals surface area contributed by atoms with Crippen molar-refractivity contribution in [2.24, 2.45) is 23.2 Å². The number of allylic oxidation sites excluding steroid dienone is 1. The lowest BCUT2D eigenvalue weighted by atomic mass is 9.72. The molecule has 1 aromatic heterocycles. The topological polar surface area (TPSA) is 191 Å². The van der Waals surface area contributed by atoms with Crippen LogP contribution >= 0.6 is 0 Å². The minimum atomic E-state index is -2.50. The van der Waals surface area contributed by atoms with Crippen molar-refractivity contribution >= 4 is 35.6 Å². The van der Waals surface area contributed by atoms with Crippen molar-refractivity contribution in [1.29, 1.82) is 0 Å². The number of carbonyl (C=O) groups is 6. The molecule has 0 amide bonds. The smallest absolute Gasteiger partial charge is 0.340 e.